The van der Waals surface area contributed by atoms with Crippen LogP contribution < -0.4 is 9.47 Å². The van der Waals surface area contributed by atoms with Gasteiger partial charge in [-0.1, -0.05) is 51.3 Å². The van der Waals surface area contributed by atoms with Crippen LogP contribution in [-0.2, 0) is 19.7 Å². The van der Waals surface area contributed by atoms with E-state index in [0.717, 1.165) is 11.1 Å². The predicted octanol–water partition coefficient (Wildman–Crippen LogP) is 4.99. The molecule has 2 rings (SSSR count). The highest BCUT2D eigenvalue weighted by Crippen LogP contribution is 2.33. The molecular formula is C25H28O5. The van der Waals surface area contributed by atoms with Crippen molar-refractivity contribution in [3.63, 3.8) is 0 Å². The number of rotatable bonds is 9. The van der Waals surface area contributed by atoms with Crippen molar-refractivity contribution in [2.75, 3.05) is 13.2 Å². The quantitative estimate of drug-likeness (QED) is 0.253. The van der Waals surface area contributed by atoms with E-state index in [1.54, 1.807) is 26.0 Å². The summed E-state index contributed by atoms with van der Waals surface area (Å²) in [6, 6.07) is 15.2. The fourth-order valence-corrected chi connectivity index (χ4v) is 2.69. The van der Waals surface area contributed by atoms with Gasteiger partial charge >= 0.3 is 11.9 Å². The lowest BCUT2D eigenvalue weighted by molar-refractivity contribution is -0.139. The Bertz CT molecular complexity index is 921. The summed E-state index contributed by atoms with van der Waals surface area (Å²) in [6.07, 6.45) is 0. The van der Waals surface area contributed by atoms with E-state index in [0.29, 0.717) is 22.6 Å². The van der Waals surface area contributed by atoms with E-state index in [1.807, 2.05) is 36.4 Å². The molecule has 0 unspecified atom stereocenters. The summed E-state index contributed by atoms with van der Waals surface area (Å²) in [5.74, 6) is 0.324. The zero-order valence-corrected chi connectivity index (χ0v) is 18.0. The van der Waals surface area contributed by atoms with Gasteiger partial charge in [0.1, 0.15) is 24.7 Å². The fraction of sp³-hybridized carbons (Fsp3) is 0.280. The Labute approximate surface area is 178 Å². The largest absolute Gasteiger partial charge is 0.490 e. The molecule has 0 aliphatic carbocycles. The molecule has 0 spiro atoms. The van der Waals surface area contributed by atoms with Crippen molar-refractivity contribution in [3.05, 3.63) is 84.0 Å². The summed E-state index contributed by atoms with van der Waals surface area (Å²) in [5.41, 5.74) is 2.65. The second-order valence-electron chi connectivity index (χ2n) is 7.61. The van der Waals surface area contributed by atoms with Crippen molar-refractivity contribution in [1.29, 1.82) is 0 Å². The smallest absolute Gasteiger partial charge is 0.338 e. The van der Waals surface area contributed by atoms with Gasteiger partial charge in [-0.3, -0.25) is 0 Å². The maximum Gasteiger partial charge on any atom is 0.338 e. The van der Waals surface area contributed by atoms with Crippen LogP contribution in [0.5, 0.6) is 11.5 Å². The van der Waals surface area contributed by atoms with Crippen LogP contribution in [0.2, 0.25) is 0 Å². The molecule has 0 bridgehead atoms. The second-order valence-corrected chi connectivity index (χ2v) is 7.61. The molecule has 0 radical (unpaired) electrons. The highest BCUT2D eigenvalue weighted by atomic mass is 16.6. The van der Waals surface area contributed by atoms with Crippen molar-refractivity contribution in [2.45, 2.75) is 33.1 Å². The third-order valence-corrected chi connectivity index (χ3v) is 4.64. The van der Waals surface area contributed by atoms with Gasteiger partial charge in [0, 0.05) is 16.6 Å². The third kappa shape index (κ3) is 6.08. The zero-order chi connectivity index (χ0) is 22.3. The van der Waals surface area contributed by atoms with Gasteiger partial charge in [-0.15, -0.1) is 0 Å². The minimum atomic E-state index is -0.438. The van der Waals surface area contributed by atoms with Gasteiger partial charge in [-0.05, 0) is 49.2 Å². The summed E-state index contributed by atoms with van der Waals surface area (Å²) in [6.45, 7) is 15.0. The van der Waals surface area contributed by atoms with E-state index in [-0.39, 0.29) is 18.6 Å². The maximum atomic E-state index is 11.6. The molecule has 2 aromatic rings. The van der Waals surface area contributed by atoms with Gasteiger partial charge in [0.15, 0.2) is 0 Å². The molecule has 0 fully saturated rings. The first-order valence-electron chi connectivity index (χ1n) is 9.65. The molecule has 0 aliphatic rings. The molecule has 5 heteroatoms. The Morgan fingerprint density at radius 3 is 1.70 bits per heavy atom. The van der Waals surface area contributed by atoms with Gasteiger partial charge in [0.2, 0.25) is 0 Å². The Morgan fingerprint density at radius 2 is 1.23 bits per heavy atom. The monoisotopic (exact) mass is 408 g/mol. The van der Waals surface area contributed by atoms with Crippen LogP contribution in [0.1, 0.15) is 38.8 Å². The van der Waals surface area contributed by atoms with Crippen molar-refractivity contribution < 1.29 is 23.8 Å². The molecule has 0 saturated heterocycles. The standard InChI is InChI=1S/C25H28O5/c1-17(2)23(26)29-16-15-28-21-11-7-19(8-12-21)25(5,6)20-9-13-22(14-10-20)30-24(27)18(3)4/h7-14H,1,3,15-16H2,2,4-6H3. The average Bonchev–Trinajstić information content (AvgIpc) is 2.71. The van der Waals surface area contributed by atoms with E-state index in [4.69, 9.17) is 14.2 Å². The zero-order valence-electron chi connectivity index (χ0n) is 18.0. The van der Waals surface area contributed by atoms with Gasteiger partial charge in [0.25, 0.3) is 0 Å². The molecule has 0 heterocycles. The Morgan fingerprint density at radius 1 is 0.767 bits per heavy atom. The first kappa shape index (κ1) is 22.9. The molecule has 2 aromatic carbocycles. The summed E-state index contributed by atoms with van der Waals surface area (Å²) in [7, 11) is 0. The van der Waals surface area contributed by atoms with E-state index in [9.17, 15) is 9.59 Å². The number of hydrogen-bond acceptors (Lipinski definition) is 5. The van der Waals surface area contributed by atoms with E-state index < -0.39 is 11.9 Å². The van der Waals surface area contributed by atoms with Crippen LogP contribution in [0.15, 0.2) is 72.8 Å². The van der Waals surface area contributed by atoms with E-state index in [2.05, 4.69) is 27.0 Å². The van der Waals surface area contributed by atoms with Gasteiger partial charge < -0.3 is 14.2 Å². The normalized spacial score (nSPS) is 10.8. The maximum absolute atomic E-state index is 11.6. The third-order valence-electron chi connectivity index (χ3n) is 4.64. The van der Waals surface area contributed by atoms with E-state index >= 15 is 0 Å². The van der Waals surface area contributed by atoms with Crippen molar-refractivity contribution in [3.8, 4) is 11.5 Å². The van der Waals surface area contributed by atoms with Gasteiger partial charge in [0.05, 0.1) is 0 Å². The Hall–Kier alpha value is -3.34. The summed E-state index contributed by atoms with van der Waals surface area (Å²) < 4.78 is 15.9. The number of carbonyl (C=O) groups is 2. The van der Waals surface area contributed by atoms with Crippen LogP contribution >= 0.6 is 0 Å². The summed E-state index contributed by atoms with van der Waals surface area (Å²) in [4.78, 5) is 23.0. The minimum Gasteiger partial charge on any atom is -0.490 e. The molecule has 158 valence electrons. The Balaban J connectivity index is 1.99. The lowest BCUT2D eigenvalue weighted by Crippen LogP contribution is -2.19. The number of carbonyl (C=O) groups excluding carboxylic acids is 2. The molecule has 30 heavy (non-hydrogen) atoms. The molecule has 0 saturated carbocycles. The topological polar surface area (TPSA) is 61.8 Å². The van der Waals surface area contributed by atoms with E-state index in [1.165, 1.54) is 0 Å². The van der Waals surface area contributed by atoms with Crippen LogP contribution in [0.25, 0.3) is 0 Å². The minimum absolute atomic E-state index is 0.168. The first-order valence-corrected chi connectivity index (χ1v) is 9.65. The molecule has 0 N–H and O–H groups in total. The molecule has 0 aromatic heterocycles. The predicted molar refractivity (Wildman–Crippen MR) is 117 cm³/mol. The van der Waals surface area contributed by atoms with Gasteiger partial charge in [-0.2, -0.15) is 0 Å². The van der Waals surface area contributed by atoms with Crippen LogP contribution in [0.4, 0.5) is 0 Å². The number of esters is 2. The number of benzene rings is 2. The molecule has 0 atom stereocenters. The van der Waals surface area contributed by atoms with Crippen molar-refractivity contribution in [2.24, 2.45) is 0 Å². The first-order chi connectivity index (χ1) is 14.1. The highest BCUT2D eigenvalue weighted by Gasteiger charge is 2.23. The summed E-state index contributed by atoms with van der Waals surface area (Å²) in [5, 5.41) is 0. The molecule has 0 amide bonds. The van der Waals surface area contributed by atoms with Crippen LogP contribution in [0.3, 0.4) is 0 Å². The lowest BCUT2D eigenvalue weighted by atomic mass is 9.78. The molecule has 5 nitrogen and oxygen atoms in total. The fourth-order valence-electron chi connectivity index (χ4n) is 2.69. The van der Waals surface area contributed by atoms with Crippen molar-refractivity contribution >= 4 is 11.9 Å². The van der Waals surface area contributed by atoms with Crippen molar-refractivity contribution in [1.82, 2.24) is 0 Å². The Kier molecular flexibility index (Phi) is 7.59. The molecule has 0 aliphatic heterocycles. The number of hydrogen-bond donors (Lipinski definition) is 0. The molecular weight excluding hydrogens is 380 g/mol. The average molecular weight is 408 g/mol. The van der Waals surface area contributed by atoms with Crippen LogP contribution in [0, 0.1) is 0 Å². The number of ether oxygens (including phenoxy) is 3. The highest BCUT2D eigenvalue weighted by molar-refractivity contribution is 5.88. The lowest BCUT2D eigenvalue weighted by Gasteiger charge is -2.26. The SMILES string of the molecule is C=C(C)C(=O)OCCOc1ccc(C(C)(C)c2ccc(OC(=O)C(=C)C)cc2)cc1. The summed E-state index contributed by atoms with van der Waals surface area (Å²) >= 11 is 0. The van der Waals surface area contributed by atoms with Gasteiger partial charge in [-0.25, -0.2) is 9.59 Å². The second kappa shape index (κ2) is 9.92. The van der Waals surface area contributed by atoms with Crippen LogP contribution in [-0.4, -0.2) is 25.2 Å².